The van der Waals surface area contributed by atoms with Gasteiger partial charge in [-0.05, 0) is 32.1 Å². The van der Waals surface area contributed by atoms with Gasteiger partial charge in [-0.3, -0.25) is 0 Å². The van der Waals surface area contributed by atoms with E-state index in [1.54, 1.807) is 0 Å². The SMILES string of the molecule is ClC1(CC2(Cl)CCCC2)CCCC1. The van der Waals surface area contributed by atoms with E-state index >= 15 is 0 Å². The number of halogens is 2. The lowest BCUT2D eigenvalue weighted by Gasteiger charge is -2.30. The molecule has 0 spiro atoms. The molecule has 2 saturated carbocycles. The van der Waals surface area contributed by atoms with Crippen molar-refractivity contribution in [3.8, 4) is 0 Å². The topological polar surface area (TPSA) is 0 Å². The van der Waals surface area contributed by atoms with Crippen molar-refractivity contribution in [2.24, 2.45) is 0 Å². The summed E-state index contributed by atoms with van der Waals surface area (Å²) in [6, 6.07) is 0. The Hall–Kier alpha value is 0.580. The average Bonchev–Trinajstić information content (AvgIpc) is 2.60. The Morgan fingerprint density at radius 1 is 0.692 bits per heavy atom. The molecule has 2 fully saturated rings. The van der Waals surface area contributed by atoms with Crippen molar-refractivity contribution >= 4 is 23.2 Å². The fourth-order valence-electron chi connectivity index (χ4n) is 2.94. The molecule has 0 atom stereocenters. The van der Waals surface area contributed by atoms with Crippen molar-refractivity contribution in [2.75, 3.05) is 0 Å². The van der Waals surface area contributed by atoms with E-state index in [4.69, 9.17) is 23.2 Å². The molecule has 0 amide bonds. The van der Waals surface area contributed by atoms with Gasteiger partial charge in [0.15, 0.2) is 0 Å². The predicted octanol–water partition coefficient (Wildman–Crippen LogP) is 4.48. The Morgan fingerprint density at radius 2 is 1.00 bits per heavy atom. The van der Waals surface area contributed by atoms with Crippen molar-refractivity contribution in [3.63, 3.8) is 0 Å². The first kappa shape index (κ1) is 10.1. The first-order valence-corrected chi connectivity index (χ1v) is 6.26. The quantitative estimate of drug-likeness (QED) is 0.603. The zero-order valence-corrected chi connectivity index (χ0v) is 9.63. The van der Waals surface area contributed by atoms with Gasteiger partial charge in [-0.15, -0.1) is 23.2 Å². The molecule has 0 aromatic rings. The largest absolute Gasteiger partial charge is 0.119 e. The molecular formula is C11H18Cl2. The molecular weight excluding hydrogens is 203 g/mol. The fourth-order valence-corrected chi connectivity index (χ4v) is 4.05. The Morgan fingerprint density at radius 3 is 1.31 bits per heavy atom. The molecule has 0 aromatic carbocycles. The highest BCUT2D eigenvalue weighted by molar-refractivity contribution is 6.27. The van der Waals surface area contributed by atoms with Crippen LogP contribution in [0.25, 0.3) is 0 Å². The van der Waals surface area contributed by atoms with Crippen LogP contribution in [0.3, 0.4) is 0 Å². The molecule has 0 radical (unpaired) electrons. The summed E-state index contributed by atoms with van der Waals surface area (Å²) in [6.45, 7) is 0. The van der Waals surface area contributed by atoms with E-state index in [-0.39, 0.29) is 9.75 Å². The molecule has 0 aliphatic heterocycles. The zero-order valence-electron chi connectivity index (χ0n) is 8.12. The minimum absolute atomic E-state index is 0.0616. The van der Waals surface area contributed by atoms with E-state index in [9.17, 15) is 0 Å². The summed E-state index contributed by atoms with van der Waals surface area (Å²) in [6.07, 6.45) is 11.0. The first-order valence-electron chi connectivity index (χ1n) is 5.50. The van der Waals surface area contributed by atoms with Gasteiger partial charge < -0.3 is 0 Å². The van der Waals surface area contributed by atoms with Crippen LogP contribution in [0.1, 0.15) is 57.8 Å². The molecule has 0 heterocycles. The molecule has 2 aliphatic carbocycles. The minimum atomic E-state index is 0.0616. The Kier molecular flexibility index (Phi) is 2.82. The van der Waals surface area contributed by atoms with Crippen LogP contribution in [0.4, 0.5) is 0 Å². The minimum Gasteiger partial charge on any atom is -0.119 e. The molecule has 0 nitrogen and oxygen atoms in total. The highest BCUT2D eigenvalue weighted by Crippen LogP contribution is 2.49. The summed E-state index contributed by atoms with van der Waals surface area (Å²) >= 11 is 13.1. The molecule has 13 heavy (non-hydrogen) atoms. The zero-order chi connectivity index (χ0) is 9.36. The lowest BCUT2D eigenvalue weighted by Crippen LogP contribution is -2.29. The van der Waals surface area contributed by atoms with E-state index in [1.807, 2.05) is 0 Å². The van der Waals surface area contributed by atoms with Gasteiger partial charge in [0.05, 0.1) is 0 Å². The maximum atomic E-state index is 6.56. The van der Waals surface area contributed by atoms with Crippen LogP contribution in [0.15, 0.2) is 0 Å². The van der Waals surface area contributed by atoms with E-state index < -0.39 is 0 Å². The molecule has 0 unspecified atom stereocenters. The summed E-state index contributed by atoms with van der Waals surface area (Å²) in [4.78, 5) is 0.123. The van der Waals surface area contributed by atoms with Gasteiger partial charge in [0.2, 0.25) is 0 Å². The molecule has 0 bridgehead atoms. The summed E-state index contributed by atoms with van der Waals surface area (Å²) < 4.78 is 0. The third-order valence-corrected chi connectivity index (χ3v) is 4.66. The fraction of sp³-hybridized carbons (Fsp3) is 1.00. The molecule has 2 rings (SSSR count). The third-order valence-electron chi connectivity index (χ3n) is 3.63. The van der Waals surface area contributed by atoms with Crippen molar-refractivity contribution in [2.45, 2.75) is 67.5 Å². The molecule has 0 saturated heterocycles. The first-order chi connectivity index (χ1) is 6.12. The van der Waals surface area contributed by atoms with Gasteiger partial charge in [0.1, 0.15) is 0 Å². The van der Waals surface area contributed by atoms with Gasteiger partial charge in [-0.25, -0.2) is 0 Å². The summed E-state index contributed by atoms with van der Waals surface area (Å²) in [5.41, 5.74) is 0. The van der Waals surface area contributed by atoms with Crippen LogP contribution in [-0.2, 0) is 0 Å². The second kappa shape index (κ2) is 3.62. The second-order valence-electron chi connectivity index (χ2n) is 4.89. The summed E-state index contributed by atoms with van der Waals surface area (Å²) in [7, 11) is 0. The van der Waals surface area contributed by atoms with Gasteiger partial charge in [-0.1, -0.05) is 25.7 Å². The summed E-state index contributed by atoms with van der Waals surface area (Å²) in [5, 5.41) is 0. The Labute approximate surface area is 91.0 Å². The molecule has 0 N–H and O–H groups in total. The van der Waals surface area contributed by atoms with Crippen LogP contribution in [0.5, 0.6) is 0 Å². The predicted molar refractivity (Wildman–Crippen MR) is 58.7 cm³/mol. The maximum Gasteiger partial charge on any atom is 0.0463 e. The van der Waals surface area contributed by atoms with Crippen LogP contribution >= 0.6 is 23.2 Å². The molecule has 0 aromatic heterocycles. The van der Waals surface area contributed by atoms with Crippen LogP contribution < -0.4 is 0 Å². The number of hydrogen-bond acceptors (Lipinski definition) is 0. The highest BCUT2D eigenvalue weighted by atomic mass is 35.5. The lowest BCUT2D eigenvalue weighted by atomic mass is 9.90. The second-order valence-corrected chi connectivity index (χ2v) is 6.50. The van der Waals surface area contributed by atoms with Gasteiger partial charge in [0.25, 0.3) is 0 Å². The van der Waals surface area contributed by atoms with Gasteiger partial charge in [0, 0.05) is 9.75 Å². The van der Waals surface area contributed by atoms with Crippen molar-refractivity contribution in [1.29, 1.82) is 0 Å². The Bertz CT molecular complexity index is 157. The standard InChI is InChI=1S/C11H18Cl2/c12-10(5-1-2-6-10)9-11(13)7-3-4-8-11/h1-9H2. The number of alkyl halides is 2. The molecule has 2 aliphatic rings. The third kappa shape index (κ3) is 2.33. The smallest absolute Gasteiger partial charge is 0.0463 e. The van der Waals surface area contributed by atoms with Crippen molar-refractivity contribution in [1.82, 2.24) is 0 Å². The number of rotatable bonds is 2. The van der Waals surface area contributed by atoms with E-state index in [0.29, 0.717) is 0 Å². The van der Waals surface area contributed by atoms with Crippen molar-refractivity contribution in [3.05, 3.63) is 0 Å². The van der Waals surface area contributed by atoms with Crippen LogP contribution in [0, 0.1) is 0 Å². The van der Waals surface area contributed by atoms with E-state index in [1.165, 1.54) is 51.4 Å². The highest BCUT2D eigenvalue weighted by Gasteiger charge is 2.42. The van der Waals surface area contributed by atoms with E-state index in [0.717, 1.165) is 6.42 Å². The van der Waals surface area contributed by atoms with Crippen LogP contribution in [0.2, 0.25) is 0 Å². The molecule has 76 valence electrons. The van der Waals surface area contributed by atoms with E-state index in [2.05, 4.69) is 0 Å². The van der Waals surface area contributed by atoms with Gasteiger partial charge in [-0.2, -0.15) is 0 Å². The lowest BCUT2D eigenvalue weighted by molar-refractivity contribution is 0.435. The number of hydrogen-bond donors (Lipinski definition) is 0. The summed E-state index contributed by atoms with van der Waals surface area (Å²) in [5.74, 6) is 0. The maximum absolute atomic E-state index is 6.56. The van der Waals surface area contributed by atoms with Crippen LogP contribution in [-0.4, -0.2) is 9.75 Å². The normalized spacial score (nSPS) is 30.9. The Balaban J connectivity index is 1.95. The van der Waals surface area contributed by atoms with Crippen molar-refractivity contribution < 1.29 is 0 Å². The molecule has 2 heteroatoms. The monoisotopic (exact) mass is 220 g/mol. The average molecular weight is 221 g/mol. The van der Waals surface area contributed by atoms with Gasteiger partial charge >= 0.3 is 0 Å².